The van der Waals surface area contributed by atoms with Crippen LogP contribution in [0.15, 0.2) is 48.5 Å². The molecule has 2 aromatic carbocycles. The molecule has 1 aliphatic heterocycles. The summed E-state index contributed by atoms with van der Waals surface area (Å²) in [6, 6.07) is 16.5. The van der Waals surface area contributed by atoms with Crippen LogP contribution < -0.4 is 4.74 Å². The molecule has 1 amide bonds. The minimum absolute atomic E-state index is 0.174. The maximum absolute atomic E-state index is 12.8. The van der Waals surface area contributed by atoms with E-state index < -0.39 is 0 Å². The highest BCUT2D eigenvalue weighted by Gasteiger charge is 2.23. The number of benzene rings is 2. The Morgan fingerprint density at radius 1 is 1.04 bits per heavy atom. The first-order chi connectivity index (χ1) is 13.2. The Morgan fingerprint density at radius 3 is 2.26 bits per heavy atom. The van der Waals surface area contributed by atoms with E-state index in [1.54, 1.807) is 7.11 Å². The van der Waals surface area contributed by atoms with Gasteiger partial charge in [0.25, 0.3) is 5.91 Å². The van der Waals surface area contributed by atoms with Gasteiger partial charge in [0.05, 0.1) is 7.11 Å². The summed E-state index contributed by atoms with van der Waals surface area (Å²) in [5.41, 5.74) is 3.45. The number of piperidine rings is 1. The lowest BCUT2D eigenvalue weighted by molar-refractivity contribution is 0.0690. The number of amides is 1. The topological polar surface area (TPSA) is 29.5 Å². The van der Waals surface area contributed by atoms with E-state index in [0.29, 0.717) is 5.92 Å². The van der Waals surface area contributed by atoms with E-state index in [2.05, 4.69) is 31.2 Å². The Hall–Kier alpha value is -1.94. The van der Waals surface area contributed by atoms with Crippen LogP contribution in [0, 0.1) is 5.92 Å². The second-order valence-corrected chi connectivity index (χ2v) is 8.40. The van der Waals surface area contributed by atoms with Crippen molar-refractivity contribution in [3.8, 4) is 5.75 Å². The molecule has 2 aromatic rings. The number of hydrogen-bond acceptors (Lipinski definition) is 3. The molecule has 0 N–H and O–H groups in total. The first-order valence-electron chi connectivity index (χ1n) is 9.78. The molecule has 3 nitrogen and oxygen atoms in total. The Bertz CT molecular complexity index is 719. The molecule has 0 aliphatic carbocycles. The second kappa shape index (κ2) is 9.84. The third kappa shape index (κ3) is 5.52. The smallest absolute Gasteiger partial charge is 0.253 e. The highest BCUT2D eigenvalue weighted by Crippen LogP contribution is 2.24. The number of nitrogens with zero attached hydrogens (tertiary/aromatic N) is 1. The average molecular weight is 384 g/mol. The van der Waals surface area contributed by atoms with Gasteiger partial charge in [-0.15, -0.1) is 0 Å². The van der Waals surface area contributed by atoms with Gasteiger partial charge in [-0.05, 0) is 66.3 Å². The molecule has 0 aromatic heterocycles. The highest BCUT2D eigenvalue weighted by molar-refractivity contribution is 7.98. The number of likely N-dealkylation sites (tertiary alicyclic amines) is 1. The number of carbonyl (C=O) groups is 1. The molecule has 4 heteroatoms. The molecule has 0 unspecified atom stereocenters. The van der Waals surface area contributed by atoms with Gasteiger partial charge in [-0.1, -0.05) is 31.2 Å². The highest BCUT2D eigenvalue weighted by atomic mass is 32.2. The Morgan fingerprint density at radius 2 is 1.67 bits per heavy atom. The zero-order valence-corrected chi connectivity index (χ0v) is 17.1. The first kappa shape index (κ1) is 19.8. The van der Waals surface area contributed by atoms with Crippen molar-refractivity contribution in [3.63, 3.8) is 0 Å². The molecule has 1 heterocycles. The third-order valence-corrected chi connectivity index (χ3v) is 6.20. The summed E-state index contributed by atoms with van der Waals surface area (Å²) in [7, 11) is 1.69. The van der Waals surface area contributed by atoms with Crippen molar-refractivity contribution in [1.82, 2.24) is 4.90 Å². The number of carbonyl (C=O) groups excluding carboxylic acids is 1. The standard InChI is InChI=1S/C23H29NO2S/c1-3-27-17-20-4-8-21(9-5-20)23(25)24-14-12-19(13-15-24)16-18-6-10-22(26-2)11-7-18/h4-11,19H,3,12-17H2,1-2H3. The molecular formula is C23H29NO2S. The lowest BCUT2D eigenvalue weighted by Gasteiger charge is -2.32. The van der Waals surface area contributed by atoms with Gasteiger partial charge in [-0.25, -0.2) is 0 Å². The number of hydrogen-bond donors (Lipinski definition) is 0. The minimum Gasteiger partial charge on any atom is -0.497 e. The van der Waals surface area contributed by atoms with Crippen LogP contribution in [0.4, 0.5) is 0 Å². The van der Waals surface area contributed by atoms with Crippen molar-refractivity contribution in [2.75, 3.05) is 26.0 Å². The van der Waals surface area contributed by atoms with Crippen LogP contribution in [-0.4, -0.2) is 36.8 Å². The van der Waals surface area contributed by atoms with Gasteiger partial charge in [0.15, 0.2) is 0 Å². The maximum Gasteiger partial charge on any atom is 0.253 e. The van der Waals surface area contributed by atoms with Crippen LogP contribution in [0.5, 0.6) is 5.75 Å². The van der Waals surface area contributed by atoms with Crippen LogP contribution in [0.2, 0.25) is 0 Å². The molecule has 0 spiro atoms. The Balaban J connectivity index is 1.49. The van der Waals surface area contributed by atoms with E-state index in [0.717, 1.165) is 55.2 Å². The summed E-state index contributed by atoms with van der Waals surface area (Å²) >= 11 is 1.90. The van der Waals surface area contributed by atoms with Gasteiger partial charge in [0.1, 0.15) is 5.75 Å². The van der Waals surface area contributed by atoms with Crippen molar-refractivity contribution in [2.45, 2.75) is 31.9 Å². The molecular weight excluding hydrogens is 354 g/mol. The van der Waals surface area contributed by atoms with E-state index in [4.69, 9.17) is 4.74 Å². The SMILES string of the molecule is CCSCc1ccc(C(=O)N2CCC(Cc3ccc(OC)cc3)CC2)cc1. The van der Waals surface area contributed by atoms with Crippen molar-refractivity contribution in [2.24, 2.45) is 5.92 Å². The first-order valence-corrected chi connectivity index (χ1v) is 10.9. The lowest BCUT2D eigenvalue weighted by Crippen LogP contribution is -2.38. The second-order valence-electron chi connectivity index (χ2n) is 7.12. The summed E-state index contributed by atoms with van der Waals surface area (Å²) in [6.07, 6.45) is 3.22. The molecule has 0 atom stereocenters. The van der Waals surface area contributed by atoms with Crippen LogP contribution in [-0.2, 0) is 12.2 Å². The van der Waals surface area contributed by atoms with Crippen molar-refractivity contribution in [1.29, 1.82) is 0 Å². The van der Waals surface area contributed by atoms with E-state index in [1.165, 1.54) is 11.1 Å². The Kier molecular flexibility index (Phi) is 7.22. The predicted molar refractivity (Wildman–Crippen MR) is 114 cm³/mol. The van der Waals surface area contributed by atoms with Gasteiger partial charge in [0.2, 0.25) is 0 Å². The summed E-state index contributed by atoms with van der Waals surface area (Å²) < 4.78 is 5.22. The van der Waals surface area contributed by atoms with E-state index in [9.17, 15) is 4.79 Å². The normalized spacial score (nSPS) is 15.0. The molecule has 144 valence electrons. The third-order valence-electron chi connectivity index (χ3n) is 5.26. The summed E-state index contributed by atoms with van der Waals surface area (Å²) in [6.45, 7) is 3.88. The number of ether oxygens (including phenoxy) is 1. The van der Waals surface area contributed by atoms with Crippen LogP contribution in [0.1, 0.15) is 41.3 Å². The minimum atomic E-state index is 0.174. The van der Waals surface area contributed by atoms with Gasteiger partial charge < -0.3 is 9.64 Å². The van der Waals surface area contributed by atoms with Gasteiger partial charge in [0, 0.05) is 24.4 Å². The lowest BCUT2D eigenvalue weighted by atomic mass is 9.90. The van der Waals surface area contributed by atoms with Crippen LogP contribution in [0.25, 0.3) is 0 Å². The van der Waals surface area contributed by atoms with Crippen molar-refractivity contribution in [3.05, 3.63) is 65.2 Å². The van der Waals surface area contributed by atoms with E-state index >= 15 is 0 Å². The van der Waals surface area contributed by atoms with Gasteiger partial charge in [-0.2, -0.15) is 11.8 Å². The summed E-state index contributed by atoms with van der Waals surface area (Å²) in [4.78, 5) is 14.8. The fourth-order valence-corrected chi connectivity index (χ4v) is 4.21. The molecule has 27 heavy (non-hydrogen) atoms. The van der Waals surface area contributed by atoms with Gasteiger partial charge >= 0.3 is 0 Å². The predicted octanol–water partition coefficient (Wildman–Crippen LogP) is 5.04. The largest absolute Gasteiger partial charge is 0.497 e. The van der Waals surface area contributed by atoms with Crippen molar-refractivity contribution >= 4 is 17.7 Å². The van der Waals surface area contributed by atoms with Crippen molar-refractivity contribution < 1.29 is 9.53 Å². The summed E-state index contributed by atoms with van der Waals surface area (Å²) in [5.74, 6) is 3.86. The number of rotatable bonds is 7. The monoisotopic (exact) mass is 383 g/mol. The number of methoxy groups -OCH3 is 1. The maximum atomic E-state index is 12.8. The Labute approximate surface area is 167 Å². The molecule has 3 rings (SSSR count). The van der Waals surface area contributed by atoms with E-state index in [1.807, 2.05) is 40.9 Å². The van der Waals surface area contributed by atoms with Crippen LogP contribution in [0.3, 0.4) is 0 Å². The zero-order chi connectivity index (χ0) is 19.1. The van der Waals surface area contributed by atoms with E-state index in [-0.39, 0.29) is 5.91 Å². The summed E-state index contributed by atoms with van der Waals surface area (Å²) in [5, 5.41) is 0. The molecule has 1 fully saturated rings. The number of thioether (sulfide) groups is 1. The quantitative estimate of drug-likeness (QED) is 0.670. The zero-order valence-electron chi connectivity index (χ0n) is 16.3. The van der Waals surface area contributed by atoms with Gasteiger partial charge in [-0.3, -0.25) is 4.79 Å². The molecule has 0 radical (unpaired) electrons. The molecule has 1 saturated heterocycles. The average Bonchev–Trinajstić information content (AvgIpc) is 2.73. The fraction of sp³-hybridized carbons (Fsp3) is 0.435. The fourth-order valence-electron chi connectivity index (χ4n) is 3.58. The van der Waals surface area contributed by atoms with Crippen LogP contribution >= 0.6 is 11.8 Å². The molecule has 0 bridgehead atoms. The molecule has 0 saturated carbocycles. The molecule has 1 aliphatic rings.